The number of halogens is 1. The van der Waals surface area contributed by atoms with Gasteiger partial charge in [0, 0.05) is 24.0 Å². The van der Waals surface area contributed by atoms with E-state index in [4.69, 9.17) is 11.6 Å². The van der Waals surface area contributed by atoms with Crippen LogP contribution in [0.4, 0.5) is 5.69 Å². The zero-order valence-electron chi connectivity index (χ0n) is 26.1. The van der Waals surface area contributed by atoms with E-state index >= 15 is 0 Å². The highest BCUT2D eigenvalue weighted by atomic mass is 35.5. The van der Waals surface area contributed by atoms with E-state index in [1.807, 2.05) is 70.2 Å². The third-order valence-electron chi connectivity index (χ3n) is 7.75. The van der Waals surface area contributed by atoms with E-state index in [0.29, 0.717) is 22.7 Å². The molecule has 0 aliphatic heterocycles. The van der Waals surface area contributed by atoms with Crippen LogP contribution in [0.25, 0.3) is 0 Å². The zero-order chi connectivity index (χ0) is 32.6. The molecule has 0 radical (unpaired) electrons. The fraction of sp³-hybridized carbons (Fsp3) is 0.278. The Hall–Kier alpha value is -4.14. The maximum absolute atomic E-state index is 14.5. The lowest BCUT2D eigenvalue weighted by molar-refractivity contribution is -0.140. The standard InChI is InChI=1S/C36H40ClN3O4S/c1-5-28(4)38-36(42)34(23-29-13-7-6-8-14-29)39(24-30-15-9-10-17-33(30)37)35(41)25-40(31-16-11-12-27(3)22-31)45(43,44)32-20-18-26(2)19-21-32/h6-22,28,34H,5,23-25H2,1-4H3,(H,38,42)/t28-,34-/m0/s1. The SMILES string of the molecule is CC[C@H](C)NC(=O)[C@H](Cc1ccccc1)N(Cc1ccccc1Cl)C(=O)CN(c1cccc(C)c1)S(=O)(=O)c1ccc(C)cc1. The minimum absolute atomic E-state index is 0.0101. The molecule has 0 unspecified atom stereocenters. The van der Waals surface area contributed by atoms with E-state index < -0.39 is 28.5 Å². The number of aryl methyl sites for hydroxylation is 2. The monoisotopic (exact) mass is 645 g/mol. The van der Waals surface area contributed by atoms with Gasteiger partial charge in [0.1, 0.15) is 12.6 Å². The molecule has 4 aromatic carbocycles. The van der Waals surface area contributed by atoms with Crippen LogP contribution in [-0.4, -0.2) is 43.8 Å². The van der Waals surface area contributed by atoms with Gasteiger partial charge < -0.3 is 10.2 Å². The second kappa shape index (κ2) is 15.2. The predicted molar refractivity (Wildman–Crippen MR) is 181 cm³/mol. The number of anilines is 1. The van der Waals surface area contributed by atoms with E-state index in [1.54, 1.807) is 48.5 Å². The second-order valence-corrected chi connectivity index (χ2v) is 13.6. The molecule has 4 rings (SSSR count). The number of hydrogen-bond donors (Lipinski definition) is 1. The summed E-state index contributed by atoms with van der Waals surface area (Å²) >= 11 is 6.56. The van der Waals surface area contributed by atoms with Crippen molar-refractivity contribution in [2.45, 2.75) is 64.1 Å². The molecule has 0 fully saturated rings. The lowest BCUT2D eigenvalue weighted by atomic mass is 10.0. The van der Waals surface area contributed by atoms with Gasteiger partial charge in [-0.1, -0.05) is 96.9 Å². The smallest absolute Gasteiger partial charge is 0.264 e. The predicted octanol–water partition coefficient (Wildman–Crippen LogP) is 6.71. The van der Waals surface area contributed by atoms with Gasteiger partial charge in [-0.25, -0.2) is 8.42 Å². The Labute approximate surface area is 271 Å². The van der Waals surface area contributed by atoms with Gasteiger partial charge in [-0.05, 0) is 74.2 Å². The number of nitrogens with zero attached hydrogens (tertiary/aromatic N) is 2. The van der Waals surface area contributed by atoms with Crippen molar-refractivity contribution < 1.29 is 18.0 Å². The van der Waals surface area contributed by atoms with Crippen molar-refractivity contribution in [1.29, 1.82) is 0 Å². The van der Waals surface area contributed by atoms with Crippen LogP contribution in [-0.2, 0) is 32.6 Å². The van der Waals surface area contributed by atoms with Gasteiger partial charge in [0.15, 0.2) is 0 Å². The Morgan fingerprint density at radius 1 is 0.844 bits per heavy atom. The normalized spacial score (nSPS) is 12.6. The van der Waals surface area contributed by atoms with Gasteiger partial charge in [0.25, 0.3) is 10.0 Å². The van der Waals surface area contributed by atoms with Crippen LogP contribution < -0.4 is 9.62 Å². The summed E-state index contributed by atoms with van der Waals surface area (Å²) in [5.74, 6) is -0.857. The molecule has 0 heterocycles. The summed E-state index contributed by atoms with van der Waals surface area (Å²) in [5, 5.41) is 3.49. The highest BCUT2D eigenvalue weighted by Crippen LogP contribution is 2.27. The molecule has 0 spiro atoms. The molecule has 1 N–H and O–H groups in total. The van der Waals surface area contributed by atoms with Crippen molar-refractivity contribution in [2.75, 3.05) is 10.8 Å². The van der Waals surface area contributed by atoms with Gasteiger partial charge in [0.2, 0.25) is 11.8 Å². The van der Waals surface area contributed by atoms with E-state index in [0.717, 1.165) is 21.0 Å². The summed E-state index contributed by atoms with van der Waals surface area (Å²) in [7, 11) is -4.17. The third-order valence-corrected chi connectivity index (χ3v) is 9.90. The fourth-order valence-electron chi connectivity index (χ4n) is 4.95. The first-order valence-corrected chi connectivity index (χ1v) is 16.8. The van der Waals surface area contributed by atoms with E-state index in [-0.39, 0.29) is 29.8 Å². The highest BCUT2D eigenvalue weighted by Gasteiger charge is 2.35. The van der Waals surface area contributed by atoms with Gasteiger partial charge in [-0.2, -0.15) is 0 Å². The Bertz CT molecular complexity index is 1710. The third kappa shape index (κ3) is 8.74. The number of amides is 2. The molecule has 0 aromatic heterocycles. The first-order chi connectivity index (χ1) is 21.5. The highest BCUT2D eigenvalue weighted by molar-refractivity contribution is 7.92. The summed E-state index contributed by atoms with van der Waals surface area (Å²) < 4.78 is 29.4. The molecule has 0 aliphatic rings. The van der Waals surface area contributed by atoms with Gasteiger partial charge in [-0.3, -0.25) is 13.9 Å². The van der Waals surface area contributed by atoms with E-state index in [1.165, 1.54) is 17.0 Å². The Kier molecular flexibility index (Phi) is 11.4. The second-order valence-electron chi connectivity index (χ2n) is 11.3. The van der Waals surface area contributed by atoms with E-state index in [2.05, 4.69) is 5.32 Å². The van der Waals surface area contributed by atoms with Crippen molar-refractivity contribution >= 4 is 39.1 Å². The number of carbonyl (C=O) groups excluding carboxylic acids is 2. The lowest BCUT2D eigenvalue weighted by Gasteiger charge is -2.34. The lowest BCUT2D eigenvalue weighted by Crippen LogP contribution is -2.54. The molecule has 0 saturated heterocycles. The van der Waals surface area contributed by atoms with Crippen molar-refractivity contribution in [3.05, 3.63) is 130 Å². The van der Waals surface area contributed by atoms with Crippen molar-refractivity contribution in [1.82, 2.24) is 10.2 Å². The summed E-state index contributed by atoms with van der Waals surface area (Å²) in [6.07, 6.45) is 0.937. The minimum Gasteiger partial charge on any atom is -0.352 e. The Balaban J connectivity index is 1.82. The van der Waals surface area contributed by atoms with Crippen LogP contribution in [0.5, 0.6) is 0 Å². The van der Waals surface area contributed by atoms with Crippen LogP contribution in [0.3, 0.4) is 0 Å². The fourth-order valence-corrected chi connectivity index (χ4v) is 6.56. The number of hydrogen-bond acceptors (Lipinski definition) is 4. The van der Waals surface area contributed by atoms with Gasteiger partial charge >= 0.3 is 0 Å². The molecule has 2 atom stereocenters. The summed E-state index contributed by atoms with van der Waals surface area (Å²) in [6, 6.07) is 29.1. The largest absolute Gasteiger partial charge is 0.352 e. The van der Waals surface area contributed by atoms with Crippen LogP contribution >= 0.6 is 11.6 Å². The Morgan fingerprint density at radius 3 is 2.16 bits per heavy atom. The van der Waals surface area contributed by atoms with Crippen molar-refractivity contribution in [2.24, 2.45) is 0 Å². The number of sulfonamides is 1. The molecule has 0 bridgehead atoms. The Morgan fingerprint density at radius 2 is 1.51 bits per heavy atom. The molecule has 2 amide bonds. The van der Waals surface area contributed by atoms with Crippen LogP contribution in [0, 0.1) is 13.8 Å². The van der Waals surface area contributed by atoms with Crippen molar-refractivity contribution in [3.63, 3.8) is 0 Å². The zero-order valence-corrected chi connectivity index (χ0v) is 27.7. The maximum Gasteiger partial charge on any atom is 0.264 e. The molecular weight excluding hydrogens is 606 g/mol. The average Bonchev–Trinajstić information content (AvgIpc) is 3.02. The molecule has 7 nitrogen and oxygen atoms in total. The van der Waals surface area contributed by atoms with E-state index in [9.17, 15) is 18.0 Å². The first-order valence-electron chi connectivity index (χ1n) is 15.0. The molecule has 45 heavy (non-hydrogen) atoms. The maximum atomic E-state index is 14.5. The minimum atomic E-state index is -4.17. The molecule has 236 valence electrons. The van der Waals surface area contributed by atoms with Gasteiger partial charge in [-0.15, -0.1) is 0 Å². The number of nitrogens with one attached hydrogen (secondary N) is 1. The van der Waals surface area contributed by atoms with Crippen LogP contribution in [0.1, 0.15) is 42.5 Å². The molecule has 0 saturated carbocycles. The summed E-state index contributed by atoms with van der Waals surface area (Å²) in [5.41, 5.74) is 3.61. The van der Waals surface area contributed by atoms with Gasteiger partial charge in [0.05, 0.1) is 10.6 Å². The quantitative estimate of drug-likeness (QED) is 0.175. The summed E-state index contributed by atoms with van der Waals surface area (Å²) in [4.78, 5) is 30.0. The van der Waals surface area contributed by atoms with Crippen LogP contribution in [0.15, 0.2) is 108 Å². The first kappa shape index (κ1) is 33.7. The molecule has 9 heteroatoms. The summed E-state index contributed by atoms with van der Waals surface area (Å²) in [6.45, 7) is 7.11. The molecule has 0 aliphatic carbocycles. The number of carbonyl (C=O) groups is 2. The number of benzene rings is 4. The van der Waals surface area contributed by atoms with Crippen LogP contribution in [0.2, 0.25) is 5.02 Å². The molecule has 4 aromatic rings. The van der Waals surface area contributed by atoms with Crippen molar-refractivity contribution in [3.8, 4) is 0 Å². The topological polar surface area (TPSA) is 86.8 Å². The number of rotatable bonds is 13. The molecular formula is C36H40ClN3O4S. The average molecular weight is 646 g/mol.